The predicted octanol–water partition coefficient (Wildman–Crippen LogP) is 4.31. The van der Waals surface area contributed by atoms with E-state index in [0.717, 1.165) is 18.0 Å². The SMILES string of the molecule is CC.Cc1cc(SN)c(C)c(C(F)(F)F)c1. The summed E-state index contributed by atoms with van der Waals surface area (Å²) in [7, 11) is 0. The number of hydrogen-bond donors (Lipinski definition) is 1. The van der Waals surface area contributed by atoms with Crippen molar-refractivity contribution in [3.8, 4) is 0 Å². The monoisotopic (exact) mass is 251 g/mol. The Balaban J connectivity index is 0.00000106. The molecule has 0 unspecified atom stereocenters. The van der Waals surface area contributed by atoms with Crippen molar-refractivity contribution < 1.29 is 13.2 Å². The van der Waals surface area contributed by atoms with E-state index in [2.05, 4.69) is 0 Å². The standard InChI is InChI=1S/C9H10F3NS.C2H6/c1-5-3-7(9(10,11)12)6(2)8(4-5)14-13;1-2/h3-4H,13H2,1-2H3;1-2H3. The van der Waals surface area contributed by atoms with Crippen molar-refractivity contribution in [2.24, 2.45) is 5.14 Å². The number of aryl methyl sites for hydroxylation is 1. The minimum Gasteiger partial charge on any atom is -0.274 e. The maximum absolute atomic E-state index is 12.5. The highest BCUT2D eigenvalue weighted by atomic mass is 32.2. The smallest absolute Gasteiger partial charge is 0.274 e. The second-order valence-corrected chi connectivity index (χ2v) is 3.73. The zero-order valence-electron chi connectivity index (χ0n) is 9.77. The highest BCUT2D eigenvalue weighted by molar-refractivity contribution is 7.97. The number of nitrogens with two attached hydrogens (primary N) is 1. The molecular weight excluding hydrogens is 235 g/mol. The van der Waals surface area contributed by atoms with E-state index in [1.165, 1.54) is 6.92 Å². The summed E-state index contributed by atoms with van der Waals surface area (Å²) in [6.45, 7) is 7.05. The van der Waals surface area contributed by atoms with Crippen LogP contribution in [0.5, 0.6) is 0 Å². The molecule has 1 aromatic rings. The first-order valence-electron chi connectivity index (χ1n) is 4.91. The van der Waals surface area contributed by atoms with Gasteiger partial charge in [0.05, 0.1) is 5.56 Å². The number of rotatable bonds is 1. The van der Waals surface area contributed by atoms with Crippen molar-refractivity contribution in [3.63, 3.8) is 0 Å². The van der Waals surface area contributed by atoms with Gasteiger partial charge in [-0.2, -0.15) is 13.2 Å². The van der Waals surface area contributed by atoms with E-state index in [-0.39, 0.29) is 5.56 Å². The molecule has 0 aliphatic rings. The maximum atomic E-state index is 12.5. The van der Waals surface area contributed by atoms with Crippen LogP contribution in [0.25, 0.3) is 0 Å². The van der Waals surface area contributed by atoms with Crippen LogP contribution in [0.3, 0.4) is 0 Å². The molecule has 0 saturated heterocycles. The summed E-state index contributed by atoms with van der Waals surface area (Å²) in [5.41, 5.74) is 0.150. The van der Waals surface area contributed by atoms with E-state index in [0.29, 0.717) is 10.5 Å². The molecule has 0 aromatic heterocycles. The van der Waals surface area contributed by atoms with Crippen molar-refractivity contribution in [1.82, 2.24) is 0 Å². The highest BCUT2D eigenvalue weighted by Gasteiger charge is 2.33. The molecule has 0 aliphatic carbocycles. The Labute approximate surface area is 98.4 Å². The second kappa shape index (κ2) is 6.15. The lowest BCUT2D eigenvalue weighted by Gasteiger charge is -2.13. The Morgan fingerprint density at radius 2 is 1.62 bits per heavy atom. The Kier molecular flexibility index (Phi) is 5.89. The summed E-state index contributed by atoms with van der Waals surface area (Å²) in [6.07, 6.45) is -4.30. The predicted molar refractivity (Wildman–Crippen MR) is 62.3 cm³/mol. The van der Waals surface area contributed by atoms with E-state index < -0.39 is 11.7 Å². The van der Waals surface area contributed by atoms with Gasteiger partial charge in [-0.05, 0) is 49.1 Å². The van der Waals surface area contributed by atoms with Crippen LogP contribution in [-0.2, 0) is 6.18 Å². The first kappa shape index (κ1) is 15.3. The van der Waals surface area contributed by atoms with Crippen molar-refractivity contribution in [1.29, 1.82) is 0 Å². The van der Waals surface area contributed by atoms with Gasteiger partial charge < -0.3 is 0 Å². The van der Waals surface area contributed by atoms with Gasteiger partial charge in [-0.1, -0.05) is 13.8 Å². The van der Waals surface area contributed by atoms with Crippen LogP contribution in [0.15, 0.2) is 17.0 Å². The highest BCUT2D eigenvalue weighted by Crippen LogP contribution is 2.35. The Bertz CT molecular complexity index is 348. The summed E-state index contributed by atoms with van der Waals surface area (Å²) in [5, 5.41) is 5.28. The van der Waals surface area contributed by atoms with Crippen molar-refractivity contribution in [2.75, 3.05) is 0 Å². The van der Waals surface area contributed by atoms with Gasteiger partial charge in [-0.25, -0.2) is 0 Å². The van der Waals surface area contributed by atoms with E-state index in [9.17, 15) is 13.2 Å². The number of hydrogen-bond acceptors (Lipinski definition) is 2. The Morgan fingerprint density at radius 1 is 1.12 bits per heavy atom. The largest absolute Gasteiger partial charge is 0.416 e. The van der Waals surface area contributed by atoms with Crippen molar-refractivity contribution >= 4 is 11.9 Å². The molecule has 1 aromatic carbocycles. The van der Waals surface area contributed by atoms with Gasteiger partial charge in [0.2, 0.25) is 0 Å². The first-order valence-corrected chi connectivity index (χ1v) is 5.79. The summed E-state index contributed by atoms with van der Waals surface area (Å²) in [4.78, 5) is 0.470. The second-order valence-electron chi connectivity index (χ2n) is 3.05. The molecule has 16 heavy (non-hydrogen) atoms. The third kappa shape index (κ3) is 3.72. The molecule has 0 heterocycles. The van der Waals surface area contributed by atoms with Gasteiger partial charge in [0.15, 0.2) is 0 Å². The summed E-state index contributed by atoms with van der Waals surface area (Å²) in [5.74, 6) is 0. The van der Waals surface area contributed by atoms with Gasteiger partial charge >= 0.3 is 6.18 Å². The third-order valence-corrected chi connectivity index (χ3v) is 2.61. The Hall–Kier alpha value is -0.680. The molecule has 1 rings (SSSR count). The Morgan fingerprint density at radius 3 is 2.00 bits per heavy atom. The van der Waals surface area contributed by atoms with Crippen LogP contribution in [0.1, 0.15) is 30.5 Å². The van der Waals surface area contributed by atoms with Crippen molar-refractivity contribution in [2.45, 2.75) is 38.8 Å². The molecule has 1 nitrogen and oxygen atoms in total. The fraction of sp³-hybridized carbons (Fsp3) is 0.455. The molecule has 0 bridgehead atoms. The third-order valence-electron chi connectivity index (χ3n) is 1.94. The van der Waals surface area contributed by atoms with E-state index in [1.54, 1.807) is 13.0 Å². The molecule has 0 spiro atoms. The average Bonchev–Trinajstić information content (AvgIpc) is 2.22. The average molecular weight is 251 g/mol. The lowest BCUT2D eigenvalue weighted by molar-refractivity contribution is -0.138. The number of benzene rings is 1. The minimum absolute atomic E-state index is 0.190. The molecule has 0 radical (unpaired) electrons. The van der Waals surface area contributed by atoms with Crippen LogP contribution in [0.4, 0.5) is 13.2 Å². The zero-order valence-corrected chi connectivity index (χ0v) is 10.6. The zero-order chi connectivity index (χ0) is 12.9. The molecule has 0 atom stereocenters. The molecule has 0 aliphatic heterocycles. The van der Waals surface area contributed by atoms with Gasteiger partial charge in [0.25, 0.3) is 0 Å². The van der Waals surface area contributed by atoms with Crippen LogP contribution in [-0.4, -0.2) is 0 Å². The molecule has 92 valence electrons. The van der Waals surface area contributed by atoms with E-state index in [4.69, 9.17) is 5.14 Å². The number of alkyl halides is 3. The summed E-state index contributed by atoms with van der Waals surface area (Å²) < 4.78 is 37.5. The minimum atomic E-state index is -4.30. The van der Waals surface area contributed by atoms with Gasteiger partial charge in [0.1, 0.15) is 0 Å². The quantitative estimate of drug-likeness (QED) is 0.752. The van der Waals surface area contributed by atoms with Crippen LogP contribution in [0, 0.1) is 13.8 Å². The summed E-state index contributed by atoms with van der Waals surface area (Å²) in [6, 6.07) is 2.78. The lowest BCUT2D eigenvalue weighted by atomic mass is 10.1. The van der Waals surface area contributed by atoms with Gasteiger partial charge in [-0.15, -0.1) is 0 Å². The number of halogens is 3. The van der Waals surface area contributed by atoms with Gasteiger partial charge in [0, 0.05) is 4.90 Å². The van der Waals surface area contributed by atoms with Crippen LogP contribution in [0.2, 0.25) is 0 Å². The molecule has 0 fully saturated rings. The molecule has 0 saturated carbocycles. The van der Waals surface area contributed by atoms with Crippen LogP contribution < -0.4 is 5.14 Å². The topological polar surface area (TPSA) is 26.0 Å². The van der Waals surface area contributed by atoms with E-state index >= 15 is 0 Å². The summed E-state index contributed by atoms with van der Waals surface area (Å²) >= 11 is 0.840. The fourth-order valence-electron chi connectivity index (χ4n) is 1.24. The lowest BCUT2D eigenvalue weighted by Crippen LogP contribution is -2.09. The van der Waals surface area contributed by atoms with Crippen molar-refractivity contribution in [3.05, 3.63) is 28.8 Å². The molecule has 5 heteroatoms. The van der Waals surface area contributed by atoms with Gasteiger partial charge in [-0.3, -0.25) is 5.14 Å². The van der Waals surface area contributed by atoms with Crippen LogP contribution >= 0.6 is 11.9 Å². The fourth-order valence-corrected chi connectivity index (χ4v) is 1.78. The maximum Gasteiger partial charge on any atom is 0.416 e. The normalized spacial score (nSPS) is 10.8. The molecule has 2 N–H and O–H groups in total. The first-order chi connectivity index (χ1) is 7.36. The molecule has 0 amide bonds. The molecular formula is C11H16F3NS. The van der Waals surface area contributed by atoms with E-state index in [1.807, 2.05) is 13.8 Å².